The number of hydrogen-bond acceptors (Lipinski definition) is 3. The molecule has 18 heavy (non-hydrogen) atoms. The number of carbonyl (C=O) groups is 1. The molecular formula is C12H8F3NO2. The van der Waals surface area contributed by atoms with E-state index < -0.39 is 23.4 Å². The van der Waals surface area contributed by atoms with Gasteiger partial charge in [-0.1, -0.05) is 18.2 Å². The Balaban J connectivity index is 2.76. The maximum Gasteiger partial charge on any atom is 0.434 e. The van der Waals surface area contributed by atoms with Crippen molar-refractivity contribution >= 4 is 16.9 Å². The molecule has 0 N–H and O–H groups in total. The maximum atomic E-state index is 12.8. The monoisotopic (exact) mass is 255 g/mol. The molecule has 6 heteroatoms. The van der Waals surface area contributed by atoms with Crippen molar-refractivity contribution in [2.24, 2.45) is 0 Å². The van der Waals surface area contributed by atoms with Gasteiger partial charge in [-0.3, -0.25) is 0 Å². The molecule has 0 aliphatic carbocycles. The van der Waals surface area contributed by atoms with E-state index in [4.69, 9.17) is 0 Å². The summed E-state index contributed by atoms with van der Waals surface area (Å²) in [4.78, 5) is 14.9. The average molecular weight is 255 g/mol. The van der Waals surface area contributed by atoms with Crippen LogP contribution in [0, 0.1) is 0 Å². The second-order valence-corrected chi connectivity index (χ2v) is 3.57. The number of esters is 1. The summed E-state index contributed by atoms with van der Waals surface area (Å²) in [6.07, 6.45) is -4.70. The lowest BCUT2D eigenvalue weighted by Gasteiger charge is -2.11. The van der Waals surface area contributed by atoms with E-state index in [1.807, 2.05) is 0 Å². The van der Waals surface area contributed by atoms with Crippen LogP contribution in [0.25, 0.3) is 10.9 Å². The number of benzene rings is 1. The highest BCUT2D eigenvalue weighted by Crippen LogP contribution is 2.32. The van der Waals surface area contributed by atoms with Crippen molar-refractivity contribution < 1.29 is 22.7 Å². The molecule has 0 fully saturated rings. The van der Waals surface area contributed by atoms with E-state index in [2.05, 4.69) is 9.72 Å². The van der Waals surface area contributed by atoms with Crippen molar-refractivity contribution in [1.82, 2.24) is 4.98 Å². The number of halogens is 3. The molecular weight excluding hydrogens is 247 g/mol. The van der Waals surface area contributed by atoms with Crippen LogP contribution in [0.15, 0.2) is 30.3 Å². The van der Waals surface area contributed by atoms with E-state index in [9.17, 15) is 18.0 Å². The van der Waals surface area contributed by atoms with Crippen molar-refractivity contribution in [1.29, 1.82) is 0 Å². The van der Waals surface area contributed by atoms with Crippen LogP contribution < -0.4 is 0 Å². The molecule has 0 bridgehead atoms. The Morgan fingerprint density at radius 2 is 1.94 bits per heavy atom. The van der Waals surface area contributed by atoms with Gasteiger partial charge in [-0.15, -0.1) is 0 Å². The highest BCUT2D eigenvalue weighted by molar-refractivity contribution is 5.95. The molecule has 0 unspecified atom stereocenters. The summed E-state index contributed by atoms with van der Waals surface area (Å²) < 4.78 is 42.8. The first-order valence-corrected chi connectivity index (χ1v) is 4.99. The van der Waals surface area contributed by atoms with Crippen LogP contribution in [0.3, 0.4) is 0 Å². The van der Waals surface area contributed by atoms with Gasteiger partial charge in [-0.05, 0) is 12.1 Å². The Morgan fingerprint density at radius 3 is 2.56 bits per heavy atom. The highest BCUT2D eigenvalue weighted by Gasteiger charge is 2.38. The third-order valence-corrected chi connectivity index (χ3v) is 2.40. The number of para-hydroxylation sites is 1. The standard InChI is InChI=1S/C12H8F3NO2/c1-18-11(17)8-6-7-4-2-3-5-9(7)16-10(8)12(13,14)15/h2-6H,1H3. The molecule has 1 aromatic heterocycles. The topological polar surface area (TPSA) is 39.2 Å². The van der Waals surface area contributed by atoms with Gasteiger partial charge >= 0.3 is 12.1 Å². The van der Waals surface area contributed by atoms with E-state index in [1.54, 1.807) is 18.2 Å². The van der Waals surface area contributed by atoms with Gasteiger partial charge in [-0.25, -0.2) is 9.78 Å². The van der Waals surface area contributed by atoms with Crippen LogP contribution in [-0.2, 0) is 10.9 Å². The molecule has 0 saturated heterocycles. The molecule has 2 aromatic rings. The number of nitrogens with zero attached hydrogens (tertiary/aromatic N) is 1. The van der Waals surface area contributed by atoms with Gasteiger partial charge in [0.05, 0.1) is 18.2 Å². The van der Waals surface area contributed by atoms with Crippen LogP contribution in [0.1, 0.15) is 16.1 Å². The Morgan fingerprint density at radius 1 is 1.28 bits per heavy atom. The summed E-state index contributed by atoms with van der Waals surface area (Å²) in [5.74, 6) is -1.06. The number of hydrogen-bond donors (Lipinski definition) is 0. The fourth-order valence-corrected chi connectivity index (χ4v) is 1.60. The lowest BCUT2D eigenvalue weighted by molar-refractivity contribution is -0.141. The number of pyridine rings is 1. The van der Waals surface area contributed by atoms with Crippen molar-refractivity contribution in [3.63, 3.8) is 0 Å². The smallest absolute Gasteiger partial charge is 0.434 e. The molecule has 0 saturated carbocycles. The van der Waals surface area contributed by atoms with E-state index in [0.717, 1.165) is 13.2 Å². The third kappa shape index (κ3) is 2.13. The summed E-state index contributed by atoms with van der Waals surface area (Å²) in [7, 11) is 1.03. The van der Waals surface area contributed by atoms with Crippen molar-refractivity contribution in [3.8, 4) is 0 Å². The zero-order chi connectivity index (χ0) is 13.3. The highest BCUT2D eigenvalue weighted by atomic mass is 19.4. The first-order valence-electron chi connectivity index (χ1n) is 4.99. The average Bonchev–Trinajstić information content (AvgIpc) is 2.35. The summed E-state index contributed by atoms with van der Waals surface area (Å²) >= 11 is 0. The molecule has 0 aliphatic rings. The van der Waals surface area contributed by atoms with Gasteiger partial charge in [-0.2, -0.15) is 13.2 Å². The predicted molar refractivity (Wildman–Crippen MR) is 58.1 cm³/mol. The Labute approximate surface area is 100 Å². The van der Waals surface area contributed by atoms with Crippen LogP contribution in [0.2, 0.25) is 0 Å². The number of aromatic nitrogens is 1. The second kappa shape index (κ2) is 4.29. The van der Waals surface area contributed by atoms with Crippen molar-refractivity contribution in [2.45, 2.75) is 6.18 Å². The van der Waals surface area contributed by atoms with Crippen LogP contribution in [-0.4, -0.2) is 18.1 Å². The molecule has 1 aromatic carbocycles. The normalized spacial score (nSPS) is 11.6. The Hall–Kier alpha value is -2.11. The zero-order valence-corrected chi connectivity index (χ0v) is 9.28. The quantitative estimate of drug-likeness (QED) is 0.735. The summed E-state index contributed by atoms with van der Waals surface area (Å²) in [5, 5.41) is 0.450. The first-order chi connectivity index (χ1) is 8.43. The van der Waals surface area contributed by atoms with Crippen LogP contribution >= 0.6 is 0 Å². The Kier molecular flexibility index (Phi) is 2.94. The number of methoxy groups -OCH3 is 1. The summed E-state index contributed by atoms with van der Waals surface area (Å²) in [6, 6.07) is 7.39. The molecule has 0 aliphatic heterocycles. The fraction of sp³-hybridized carbons (Fsp3) is 0.167. The number of fused-ring (bicyclic) bond motifs is 1. The number of carbonyl (C=O) groups excluding carboxylic acids is 1. The summed E-state index contributed by atoms with van der Waals surface area (Å²) in [5.41, 5.74) is -1.63. The van der Waals surface area contributed by atoms with Gasteiger partial charge in [0.15, 0.2) is 5.69 Å². The van der Waals surface area contributed by atoms with E-state index >= 15 is 0 Å². The largest absolute Gasteiger partial charge is 0.465 e. The van der Waals surface area contributed by atoms with Gasteiger partial charge in [0.25, 0.3) is 0 Å². The minimum absolute atomic E-state index is 0.178. The van der Waals surface area contributed by atoms with Crippen LogP contribution in [0.5, 0.6) is 0 Å². The predicted octanol–water partition coefficient (Wildman–Crippen LogP) is 3.04. The summed E-state index contributed by atoms with van der Waals surface area (Å²) in [6.45, 7) is 0. The van der Waals surface area contributed by atoms with Gasteiger partial charge in [0.2, 0.25) is 0 Å². The molecule has 1 heterocycles. The van der Waals surface area contributed by atoms with Crippen LogP contribution in [0.4, 0.5) is 13.2 Å². The van der Waals surface area contributed by atoms with Gasteiger partial charge in [0, 0.05) is 5.39 Å². The second-order valence-electron chi connectivity index (χ2n) is 3.57. The van der Waals surface area contributed by atoms with E-state index in [0.29, 0.717) is 5.39 Å². The van der Waals surface area contributed by atoms with Gasteiger partial charge in [0.1, 0.15) is 0 Å². The molecule has 0 atom stereocenters. The van der Waals surface area contributed by atoms with Gasteiger partial charge < -0.3 is 4.74 Å². The zero-order valence-electron chi connectivity index (χ0n) is 9.28. The lowest BCUT2D eigenvalue weighted by atomic mass is 10.1. The minimum atomic E-state index is -4.70. The molecule has 94 valence electrons. The first kappa shape index (κ1) is 12.3. The van der Waals surface area contributed by atoms with E-state index in [-0.39, 0.29) is 5.52 Å². The molecule has 0 spiro atoms. The number of alkyl halides is 3. The number of ether oxygens (including phenoxy) is 1. The van der Waals surface area contributed by atoms with Crippen molar-refractivity contribution in [3.05, 3.63) is 41.6 Å². The minimum Gasteiger partial charge on any atom is -0.465 e. The lowest BCUT2D eigenvalue weighted by Crippen LogP contribution is -2.16. The maximum absolute atomic E-state index is 12.8. The third-order valence-electron chi connectivity index (χ3n) is 2.40. The Bertz CT molecular complexity index is 608. The molecule has 0 radical (unpaired) electrons. The SMILES string of the molecule is COC(=O)c1cc2ccccc2nc1C(F)(F)F. The molecule has 3 nitrogen and oxygen atoms in total. The fourth-order valence-electron chi connectivity index (χ4n) is 1.60. The molecule has 2 rings (SSSR count). The van der Waals surface area contributed by atoms with Crippen molar-refractivity contribution in [2.75, 3.05) is 7.11 Å². The molecule has 0 amide bonds. The van der Waals surface area contributed by atoms with E-state index in [1.165, 1.54) is 6.07 Å². The number of rotatable bonds is 1.